The van der Waals surface area contributed by atoms with Crippen LogP contribution in [0.3, 0.4) is 0 Å². The van der Waals surface area contributed by atoms with Gasteiger partial charge in [0.15, 0.2) is 5.13 Å². The van der Waals surface area contributed by atoms with Gasteiger partial charge in [0, 0.05) is 37.9 Å². The molecule has 9 nitrogen and oxygen atoms in total. The van der Waals surface area contributed by atoms with E-state index in [1.54, 1.807) is 9.80 Å². The molecule has 5 rings (SSSR count). The van der Waals surface area contributed by atoms with Crippen molar-refractivity contribution in [3.8, 4) is 0 Å². The van der Waals surface area contributed by atoms with E-state index < -0.39 is 0 Å². The molecule has 0 unspecified atom stereocenters. The quantitative estimate of drug-likeness (QED) is 0.421. The average Bonchev–Trinajstić information content (AvgIpc) is 3.38. The van der Waals surface area contributed by atoms with E-state index in [-0.39, 0.29) is 12.1 Å². The Morgan fingerprint density at radius 1 is 1.09 bits per heavy atom. The number of pyridine rings is 1. The maximum atomic E-state index is 12.6. The molecule has 2 aromatic heterocycles. The summed E-state index contributed by atoms with van der Waals surface area (Å²) < 4.78 is 1.01. The average molecular weight is 468 g/mol. The van der Waals surface area contributed by atoms with E-state index in [2.05, 4.69) is 20.6 Å². The van der Waals surface area contributed by atoms with Gasteiger partial charge in [-0.1, -0.05) is 17.4 Å². The summed E-state index contributed by atoms with van der Waals surface area (Å²) in [5.41, 5.74) is 7.37. The summed E-state index contributed by atoms with van der Waals surface area (Å²) in [4.78, 5) is 25.6. The highest BCUT2D eigenvalue weighted by Gasteiger charge is 2.29. The Bertz CT molecular complexity index is 1130. The van der Waals surface area contributed by atoms with Gasteiger partial charge < -0.3 is 26.4 Å². The van der Waals surface area contributed by atoms with Gasteiger partial charge in [0.05, 0.1) is 16.3 Å². The maximum absolute atomic E-state index is 12.6. The van der Waals surface area contributed by atoms with Crippen LogP contribution in [0.4, 0.5) is 27.2 Å². The van der Waals surface area contributed by atoms with Crippen LogP contribution in [0.1, 0.15) is 25.7 Å². The summed E-state index contributed by atoms with van der Waals surface area (Å²) >= 11 is 1.54. The van der Waals surface area contributed by atoms with Crippen molar-refractivity contribution in [3.05, 3.63) is 36.4 Å². The van der Waals surface area contributed by atoms with Gasteiger partial charge in [-0.05, 0) is 56.0 Å². The SMILES string of the molecule is NCCN1CCN(c2ccc3nc(Nc4cccc(N[C@H]5CC[C@H](O)CC5)n4)sc3c2)C1=O. The number of aliphatic hydroxyl groups excluding tert-OH is 1. The van der Waals surface area contributed by atoms with Crippen molar-refractivity contribution in [2.45, 2.75) is 37.8 Å². The zero-order valence-electron chi connectivity index (χ0n) is 18.4. The van der Waals surface area contributed by atoms with Crippen LogP contribution in [0.15, 0.2) is 36.4 Å². The Hall–Kier alpha value is -2.95. The molecular weight excluding hydrogens is 438 g/mol. The van der Waals surface area contributed by atoms with E-state index in [9.17, 15) is 9.90 Å². The minimum atomic E-state index is -0.169. The molecule has 1 aromatic carbocycles. The fourth-order valence-corrected chi connectivity index (χ4v) is 5.35. The molecule has 2 aliphatic rings. The number of nitrogens with zero attached hydrogens (tertiary/aromatic N) is 4. The molecule has 1 saturated heterocycles. The van der Waals surface area contributed by atoms with E-state index >= 15 is 0 Å². The summed E-state index contributed by atoms with van der Waals surface area (Å²) in [5.74, 6) is 1.54. The second-order valence-electron chi connectivity index (χ2n) is 8.56. The molecule has 10 heteroatoms. The summed E-state index contributed by atoms with van der Waals surface area (Å²) in [5, 5.41) is 17.3. The molecule has 3 aromatic rings. The van der Waals surface area contributed by atoms with E-state index in [1.807, 2.05) is 36.4 Å². The van der Waals surface area contributed by atoms with Crippen LogP contribution in [0.5, 0.6) is 0 Å². The number of hydrogen-bond donors (Lipinski definition) is 4. The summed E-state index contributed by atoms with van der Waals surface area (Å²) in [7, 11) is 0. The number of thiazole rings is 1. The van der Waals surface area contributed by atoms with Gasteiger partial charge in [0.25, 0.3) is 0 Å². The number of nitrogens with one attached hydrogen (secondary N) is 2. The summed E-state index contributed by atoms with van der Waals surface area (Å²) in [6.07, 6.45) is 3.39. The van der Waals surface area contributed by atoms with Gasteiger partial charge in [0.2, 0.25) is 0 Å². The first kappa shape index (κ1) is 21.9. The molecular formula is C23H29N7O2S. The van der Waals surface area contributed by atoms with Gasteiger partial charge in [-0.2, -0.15) is 0 Å². The van der Waals surface area contributed by atoms with Crippen molar-refractivity contribution in [1.82, 2.24) is 14.9 Å². The van der Waals surface area contributed by atoms with E-state index in [4.69, 9.17) is 5.73 Å². The first-order valence-corrected chi connectivity index (χ1v) is 12.3. The van der Waals surface area contributed by atoms with Gasteiger partial charge in [-0.3, -0.25) is 4.90 Å². The molecule has 2 amide bonds. The van der Waals surface area contributed by atoms with Crippen molar-refractivity contribution in [2.75, 3.05) is 41.7 Å². The molecule has 2 fully saturated rings. The van der Waals surface area contributed by atoms with Crippen LogP contribution in [-0.2, 0) is 0 Å². The maximum Gasteiger partial charge on any atom is 0.324 e. The standard InChI is InChI=1S/C23H29N7O2S/c24-10-11-29-12-13-30(23(29)32)16-6-9-18-19(14-16)33-22(26-18)28-21-3-1-2-20(27-21)25-15-4-7-17(31)8-5-15/h1-3,6,9,14-15,17,31H,4-5,7-8,10-13,24H2,(H2,25,26,27,28)/t15-,17-. The number of amides is 2. The Morgan fingerprint density at radius 2 is 1.91 bits per heavy atom. The number of rotatable bonds is 7. The first-order chi connectivity index (χ1) is 16.1. The Labute approximate surface area is 196 Å². The third-order valence-electron chi connectivity index (χ3n) is 6.21. The van der Waals surface area contributed by atoms with Gasteiger partial charge in [-0.15, -0.1) is 0 Å². The summed E-state index contributed by atoms with van der Waals surface area (Å²) in [6, 6.07) is 12.1. The number of aliphatic hydroxyl groups is 1. The number of nitrogens with two attached hydrogens (primary N) is 1. The second-order valence-corrected chi connectivity index (χ2v) is 9.59. The highest BCUT2D eigenvalue weighted by atomic mass is 32.1. The van der Waals surface area contributed by atoms with E-state index in [0.29, 0.717) is 32.2 Å². The fraction of sp³-hybridized carbons (Fsp3) is 0.435. The smallest absolute Gasteiger partial charge is 0.324 e. The lowest BCUT2D eigenvalue weighted by atomic mass is 9.93. The van der Waals surface area contributed by atoms with Crippen LogP contribution < -0.4 is 21.3 Å². The van der Waals surface area contributed by atoms with Crippen molar-refractivity contribution in [1.29, 1.82) is 0 Å². The molecule has 0 bridgehead atoms. The number of urea groups is 1. The lowest BCUT2D eigenvalue weighted by Crippen LogP contribution is -2.34. The zero-order valence-corrected chi connectivity index (χ0v) is 19.2. The molecule has 0 atom stereocenters. The second kappa shape index (κ2) is 9.50. The summed E-state index contributed by atoms with van der Waals surface area (Å²) in [6.45, 7) is 2.41. The van der Waals surface area contributed by atoms with Crippen LogP contribution in [0.25, 0.3) is 10.2 Å². The van der Waals surface area contributed by atoms with Crippen molar-refractivity contribution < 1.29 is 9.90 Å². The van der Waals surface area contributed by atoms with Crippen LogP contribution in [0.2, 0.25) is 0 Å². The predicted octanol–water partition coefficient (Wildman–Crippen LogP) is 3.35. The van der Waals surface area contributed by atoms with Gasteiger partial charge >= 0.3 is 6.03 Å². The monoisotopic (exact) mass is 467 g/mol. The van der Waals surface area contributed by atoms with E-state index in [1.165, 1.54) is 11.3 Å². The molecule has 1 saturated carbocycles. The normalized spacial score (nSPS) is 21.1. The van der Waals surface area contributed by atoms with E-state index in [0.717, 1.165) is 58.4 Å². The largest absolute Gasteiger partial charge is 0.393 e. The number of benzene rings is 1. The Morgan fingerprint density at radius 3 is 2.73 bits per heavy atom. The lowest BCUT2D eigenvalue weighted by molar-refractivity contribution is 0.126. The van der Waals surface area contributed by atoms with Crippen molar-refractivity contribution in [2.24, 2.45) is 5.73 Å². The first-order valence-electron chi connectivity index (χ1n) is 11.4. The lowest BCUT2D eigenvalue weighted by Gasteiger charge is -2.26. The molecule has 0 spiro atoms. The number of aromatic nitrogens is 2. The third-order valence-corrected chi connectivity index (χ3v) is 7.14. The Balaban J connectivity index is 1.28. The molecule has 33 heavy (non-hydrogen) atoms. The molecule has 174 valence electrons. The minimum absolute atomic E-state index is 0.00338. The number of carbonyl (C=O) groups is 1. The number of hydrogen-bond acceptors (Lipinski definition) is 8. The number of fused-ring (bicyclic) bond motifs is 1. The zero-order chi connectivity index (χ0) is 22.8. The fourth-order valence-electron chi connectivity index (χ4n) is 4.44. The van der Waals surface area contributed by atoms with Crippen LogP contribution >= 0.6 is 11.3 Å². The molecule has 3 heterocycles. The van der Waals surface area contributed by atoms with Crippen molar-refractivity contribution >= 4 is 50.0 Å². The topological polar surface area (TPSA) is 120 Å². The predicted molar refractivity (Wildman–Crippen MR) is 132 cm³/mol. The van der Waals surface area contributed by atoms with Gasteiger partial charge in [0.1, 0.15) is 11.6 Å². The van der Waals surface area contributed by atoms with Crippen molar-refractivity contribution in [3.63, 3.8) is 0 Å². The Kier molecular flexibility index (Phi) is 6.30. The molecule has 5 N–H and O–H groups in total. The van der Waals surface area contributed by atoms with Crippen LogP contribution in [0, 0.1) is 0 Å². The highest BCUT2D eigenvalue weighted by molar-refractivity contribution is 7.22. The van der Waals surface area contributed by atoms with Crippen LogP contribution in [-0.4, -0.2) is 64.3 Å². The molecule has 0 radical (unpaired) electrons. The molecule has 1 aliphatic heterocycles. The highest BCUT2D eigenvalue weighted by Crippen LogP contribution is 2.32. The number of anilines is 4. The minimum Gasteiger partial charge on any atom is -0.393 e. The third kappa shape index (κ3) is 4.87. The molecule has 1 aliphatic carbocycles. The number of carbonyl (C=O) groups excluding carboxylic acids is 1. The van der Waals surface area contributed by atoms with Gasteiger partial charge in [-0.25, -0.2) is 14.8 Å².